The SMILES string of the molecule is CCNC(=O)c1cccc(CN=C(NCC)NCc2ccccc2C)c1. The molecule has 0 saturated carbocycles. The van der Waals surface area contributed by atoms with Crippen molar-refractivity contribution >= 4 is 11.9 Å². The number of carbonyl (C=O) groups is 1. The van der Waals surface area contributed by atoms with Crippen molar-refractivity contribution in [1.82, 2.24) is 16.0 Å². The number of aryl methyl sites for hydroxylation is 1. The smallest absolute Gasteiger partial charge is 0.251 e. The second-order valence-corrected chi connectivity index (χ2v) is 6.04. The Morgan fingerprint density at radius 3 is 2.46 bits per heavy atom. The number of amides is 1. The molecule has 0 aromatic heterocycles. The van der Waals surface area contributed by atoms with Gasteiger partial charge in [-0.2, -0.15) is 0 Å². The van der Waals surface area contributed by atoms with Crippen molar-refractivity contribution < 1.29 is 4.79 Å². The lowest BCUT2D eigenvalue weighted by molar-refractivity contribution is 0.0955. The molecule has 26 heavy (non-hydrogen) atoms. The summed E-state index contributed by atoms with van der Waals surface area (Å²) in [6.45, 7) is 8.70. The topological polar surface area (TPSA) is 65.5 Å². The molecule has 2 aromatic rings. The summed E-state index contributed by atoms with van der Waals surface area (Å²) in [6.07, 6.45) is 0. The zero-order valence-electron chi connectivity index (χ0n) is 15.8. The molecule has 0 aliphatic carbocycles. The van der Waals surface area contributed by atoms with Gasteiger partial charge in [0, 0.05) is 25.2 Å². The molecule has 0 fully saturated rings. The summed E-state index contributed by atoms with van der Waals surface area (Å²) < 4.78 is 0. The Hall–Kier alpha value is -2.82. The first kappa shape index (κ1) is 19.5. The lowest BCUT2D eigenvalue weighted by Gasteiger charge is -2.13. The number of carbonyl (C=O) groups excluding carboxylic acids is 1. The molecule has 0 spiro atoms. The van der Waals surface area contributed by atoms with E-state index < -0.39 is 0 Å². The van der Waals surface area contributed by atoms with E-state index in [9.17, 15) is 4.79 Å². The molecule has 0 heterocycles. The summed E-state index contributed by atoms with van der Waals surface area (Å²) in [6, 6.07) is 15.9. The van der Waals surface area contributed by atoms with E-state index in [1.807, 2.05) is 50.2 Å². The van der Waals surface area contributed by atoms with Crippen LogP contribution in [0.1, 0.15) is 40.9 Å². The number of benzene rings is 2. The Balaban J connectivity index is 2.03. The van der Waals surface area contributed by atoms with Crippen molar-refractivity contribution in [2.45, 2.75) is 33.9 Å². The van der Waals surface area contributed by atoms with Crippen molar-refractivity contribution in [1.29, 1.82) is 0 Å². The maximum atomic E-state index is 12.0. The molecule has 0 saturated heterocycles. The van der Waals surface area contributed by atoms with Crippen molar-refractivity contribution in [3.63, 3.8) is 0 Å². The second kappa shape index (κ2) is 10.2. The molecular formula is C21H28N4O. The number of hydrogen-bond donors (Lipinski definition) is 3. The third-order valence-electron chi connectivity index (χ3n) is 4.00. The first-order valence-corrected chi connectivity index (χ1v) is 9.07. The highest BCUT2D eigenvalue weighted by atomic mass is 16.1. The van der Waals surface area contributed by atoms with Crippen LogP contribution in [0.2, 0.25) is 0 Å². The average molecular weight is 352 g/mol. The zero-order valence-corrected chi connectivity index (χ0v) is 15.8. The van der Waals surface area contributed by atoms with Gasteiger partial charge in [-0.05, 0) is 49.6 Å². The van der Waals surface area contributed by atoms with Crippen LogP contribution in [-0.2, 0) is 13.1 Å². The number of hydrogen-bond acceptors (Lipinski definition) is 2. The summed E-state index contributed by atoms with van der Waals surface area (Å²) in [4.78, 5) is 16.6. The minimum atomic E-state index is -0.0529. The summed E-state index contributed by atoms with van der Waals surface area (Å²) in [5.41, 5.74) is 4.17. The predicted octanol–water partition coefficient (Wildman–Crippen LogP) is 3.00. The van der Waals surface area contributed by atoms with E-state index in [4.69, 9.17) is 0 Å². The van der Waals surface area contributed by atoms with E-state index >= 15 is 0 Å². The van der Waals surface area contributed by atoms with Crippen LogP contribution in [0.25, 0.3) is 0 Å². The standard InChI is InChI=1S/C21H28N4O/c1-4-22-20(26)18-12-8-10-17(13-18)14-24-21(23-5-2)25-15-19-11-7-6-9-16(19)3/h6-13H,4-5,14-15H2,1-3H3,(H,22,26)(H2,23,24,25). The molecule has 138 valence electrons. The van der Waals surface area contributed by atoms with Crippen LogP contribution in [0.3, 0.4) is 0 Å². The number of rotatable bonds is 7. The molecule has 0 atom stereocenters. The van der Waals surface area contributed by atoms with E-state index in [0.717, 1.165) is 24.6 Å². The number of guanidine groups is 1. The van der Waals surface area contributed by atoms with Gasteiger partial charge in [0.25, 0.3) is 5.91 Å². The highest BCUT2D eigenvalue weighted by Gasteiger charge is 2.05. The Labute approximate surface area is 155 Å². The van der Waals surface area contributed by atoms with Crippen LogP contribution in [0.4, 0.5) is 0 Å². The highest BCUT2D eigenvalue weighted by molar-refractivity contribution is 5.94. The Morgan fingerprint density at radius 1 is 0.962 bits per heavy atom. The first-order valence-electron chi connectivity index (χ1n) is 9.07. The Kier molecular flexibility index (Phi) is 7.68. The van der Waals surface area contributed by atoms with Crippen LogP contribution in [-0.4, -0.2) is 25.0 Å². The molecule has 0 aliphatic rings. The molecule has 0 aliphatic heterocycles. The highest BCUT2D eigenvalue weighted by Crippen LogP contribution is 2.08. The maximum Gasteiger partial charge on any atom is 0.251 e. The number of nitrogens with zero attached hydrogens (tertiary/aromatic N) is 1. The largest absolute Gasteiger partial charge is 0.357 e. The van der Waals surface area contributed by atoms with Gasteiger partial charge in [0.1, 0.15) is 0 Å². The van der Waals surface area contributed by atoms with Gasteiger partial charge >= 0.3 is 0 Å². The van der Waals surface area contributed by atoms with E-state index in [0.29, 0.717) is 18.7 Å². The number of nitrogens with one attached hydrogen (secondary N) is 3. The summed E-state index contributed by atoms with van der Waals surface area (Å²) in [5.74, 6) is 0.710. The molecule has 5 heteroatoms. The Bertz CT molecular complexity index is 755. The van der Waals surface area contributed by atoms with Gasteiger partial charge in [0.05, 0.1) is 6.54 Å². The van der Waals surface area contributed by atoms with Crippen LogP contribution >= 0.6 is 0 Å². The third kappa shape index (κ3) is 5.92. The molecule has 1 amide bonds. The monoisotopic (exact) mass is 352 g/mol. The van der Waals surface area contributed by atoms with Gasteiger partial charge < -0.3 is 16.0 Å². The maximum absolute atomic E-state index is 12.0. The molecule has 2 aromatic carbocycles. The van der Waals surface area contributed by atoms with Gasteiger partial charge in [0.2, 0.25) is 0 Å². The molecule has 2 rings (SSSR count). The fraction of sp³-hybridized carbons (Fsp3) is 0.333. The molecule has 5 nitrogen and oxygen atoms in total. The fourth-order valence-electron chi connectivity index (χ4n) is 2.57. The van der Waals surface area contributed by atoms with Gasteiger partial charge in [-0.15, -0.1) is 0 Å². The van der Waals surface area contributed by atoms with Gasteiger partial charge in [-0.1, -0.05) is 36.4 Å². The van der Waals surface area contributed by atoms with Crippen LogP contribution < -0.4 is 16.0 Å². The van der Waals surface area contributed by atoms with E-state index in [-0.39, 0.29) is 5.91 Å². The van der Waals surface area contributed by atoms with Crippen molar-refractivity contribution in [2.24, 2.45) is 4.99 Å². The fourth-order valence-corrected chi connectivity index (χ4v) is 2.57. The van der Waals surface area contributed by atoms with Gasteiger partial charge in [-0.3, -0.25) is 4.79 Å². The summed E-state index contributed by atoms with van der Waals surface area (Å²) in [7, 11) is 0. The van der Waals surface area contributed by atoms with E-state index in [1.165, 1.54) is 11.1 Å². The third-order valence-corrected chi connectivity index (χ3v) is 4.00. The quantitative estimate of drug-likeness (QED) is 0.530. The summed E-state index contributed by atoms with van der Waals surface area (Å²) in [5, 5.41) is 9.44. The molecule has 0 unspecified atom stereocenters. The lowest BCUT2D eigenvalue weighted by Crippen LogP contribution is -2.36. The normalized spacial score (nSPS) is 11.1. The van der Waals surface area contributed by atoms with Crippen LogP contribution in [0.5, 0.6) is 0 Å². The van der Waals surface area contributed by atoms with Crippen molar-refractivity contribution in [2.75, 3.05) is 13.1 Å². The molecular weight excluding hydrogens is 324 g/mol. The number of aliphatic imine (C=N–C) groups is 1. The minimum Gasteiger partial charge on any atom is -0.357 e. The molecule has 3 N–H and O–H groups in total. The lowest BCUT2D eigenvalue weighted by atomic mass is 10.1. The zero-order chi connectivity index (χ0) is 18.8. The molecule has 0 bridgehead atoms. The Morgan fingerprint density at radius 2 is 1.73 bits per heavy atom. The van der Waals surface area contributed by atoms with E-state index in [1.54, 1.807) is 0 Å². The predicted molar refractivity (Wildman–Crippen MR) is 107 cm³/mol. The summed E-state index contributed by atoms with van der Waals surface area (Å²) >= 11 is 0. The van der Waals surface area contributed by atoms with Crippen LogP contribution in [0, 0.1) is 6.92 Å². The van der Waals surface area contributed by atoms with Crippen molar-refractivity contribution in [3.05, 3.63) is 70.8 Å². The molecule has 0 radical (unpaired) electrons. The first-order chi connectivity index (χ1) is 12.6. The van der Waals surface area contributed by atoms with Gasteiger partial charge in [-0.25, -0.2) is 4.99 Å². The van der Waals surface area contributed by atoms with E-state index in [2.05, 4.69) is 40.0 Å². The average Bonchev–Trinajstić information content (AvgIpc) is 2.65. The minimum absolute atomic E-state index is 0.0529. The van der Waals surface area contributed by atoms with Crippen LogP contribution in [0.15, 0.2) is 53.5 Å². The van der Waals surface area contributed by atoms with Crippen molar-refractivity contribution in [3.8, 4) is 0 Å². The van der Waals surface area contributed by atoms with Gasteiger partial charge in [0.15, 0.2) is 5.96 Å². The second-order valence-electron chi connectivity index (χ2n) is 6.04.